The molecule has 2 aromatic carbocycles. The number of hydrogen-bond acceptors (Lipinski definition) is 4. The molecular formula is C21H26N2O3. The topological polar surface area (TPSA) is 42.0 Å². The summed E-state index contributed by atoms with van der Waals surface area (Å²) < 4.78 is 11.1. The minimum absolute atomic E-state index is 0.0317. The van der Waals surface area contributed by atoms with Gasteiger partial charge in [0.2, 0.25) is 0 Å². The number of benzene rings is 2. The summed E-state index contributed by atoms with van der Waals surface area (Å²) in [7, 11) is 1.68. The molecule has 1 amide bonds. The molecule has 5 heteroatoms. The summed E-state index contributed by atoms with van der Waals surface area (Å²) in [4.78, 5) is 16.5. The third kappa shape index (κ3) is 4.28. The van der Waals surface area contributed by atoms with Crippen LogP contribution in [0.1, 0.15) is 12.5 Å². The molecule has 138 valence electrons. The van der Waals surface area contributed by atoms with Crippen molar-refractivity contribution in [3.05, 3.63) is 54.1 Å². The SMILES string of the molecule is CCc1ccc(OCC(=O)N2CCN(c3ccccc3OC)CC2)cc1. The molecule has 0 N–H and O–H groups in total. The molecule has 0 aromatic heterocycles. The minimum atomic E-state index is 0.0317. The maximum atomic E-state index is 12.4. The summed E-state index contributed by atoms with van der Waals surface area (Å²) in [6, 6.07) is 15.9. The van der Waals surface area contributed by atoms with Crippen LogP contribution in [0.5, 0.6) is 11.5 Å². The number of aryl methyl sites for hydroxylation is 1. The second kappa shape index (κ2) is 8.61. The molecule has 5 nitrogen and oxygen atoms in total. The fourth-order valence-electron chi connectivity index (χ4n) is 3.15. The number of para-hydroxylation sites is 2. The molecule has 26 heavy (non-hydrogen) atoms. The van der Waals surface area contributed by atoms with Crippen molar-refractivity contribution in [1.82, 2.24) is 4.90 Å². The van der Waals surface area contributed by atoms with Crippen molar-refractivity contribution in [2.45, 2.75) is 13.3 Å². The van der Waals surface area contributed by atoms with Crippen molar-refractivity contribution < 1.29 is 14.3 Å². The van der Waals surface area contributed by atoms with E-state index < -0.39 is 0 Å². The maximum absolute atomic E-state index is 12.4. The van der Waals surface area contributed by atoms with Crippen LogP contribution in [0.15, 0.2) is 48.5 Å². The van der Waals surface area contributed by atoms with Crippen LogP contribution >= 0.6 is 0 Å². The normalized spacial score (nSPS) is 14.2. The van der Waals surface area contributed by atoms with Gasteiger partial charge in [0, 0.05) is 26.2 Å². The van der Waals surface area contributed by atoms with Crippen LogP contribution < -0.4 is 14.4 Å². The third-order valence-electron chi connectivity index (χ3n) is 4.75. The Morgan fingerprint density at radius 3 is 2.35 bits per heavy atom. The average molecular weight is 354 g/mol. The number of carbonyl (C=O) groups excluding carboxylic acids is 1. The first-order valence-corrected chi connectivity index (χ1v) is 9.08. The van der Waals surface area contributed by atoms with Gasteiger partial charge < -0.3 is 19.3 Å². The van der Waals surface area contributed by atoms with Gasteiger partial charge in [-0.2, -0.15) is 0 Å². The number of anilines is 1. The first kappa shape index (κ1) is 18.1. The lowest BCUT2D eigenvalue weighted by Gasteiger charge is -2.36. The van der Waals surface area contributed by atoms with Gasteiger partial charge in [-0.05, 0) is 36.2 Å². The van der Waals surface area contributed by atoms with Crippen LogP contribution in [-0.2, 0) is 11.2 Å². The van der Waals surface area contributed by atoms with Gasteiger partial charge in [0.1, 0.15) is 11.5 Å². The van der Waals surface area contributed by atoms with Crippen LogP contribution in [0.2, 0.25) is 0 Å². The zero-order chi connectivity index (χ0) is 18.4. The number of piperazine rings is 1. The van der Waals surface area contributed by atoms with Crippen molar-refractivity contribution in [2.24, 2.45) is 0 Å². The second-order valence-electron chi connectivity index (χ2n) is 6.33. The highest BCUT2D eigenvalue weighted by Crippen LogP contribution is 2.28. The number of nitrogens with zero attached hydrogens (tertiary/aromatic N) is 2. The molecule has 2 aromatic rings. The quantitative estimate of drug-likeness (QED) is 0.800. The highest BCUT2D eigenvalue weighted by molar-refractivity contribution is 5.78. The highest BCUT2D eigenvalue weighted by Gasteiger charge is 2.23. The van der Waals surface area contributed by atoms with Crippen molar-refractivity contribution in [3.63, 3.8) is 0 Å². The maximum Gasteiger partial charge on any atom is 0.260 e. The fourth-order valence-corrected chi connectivity index (χ4v) is 3.15. The van der Waals surface area contributed by atoms with Crippen LogP contribution in [0.3, 0.4) is 0 Å². The van der Waals surface area contributed by atoms with Gasteiger partial charge >= 0.3 is 0 Å². The largest absolute Gasteiger partial charge is 0.495 e. The van der Waals surface area contributed by atoms with E-state index in [1.807, 2.05) is 47.4 Å². The molecule has 1 aliphatic rings. The lowest BCUT2D eigenvalue weighted by atomic mass is 10.2. The van der Waals surface area contributed by atoms with E-state index in [9.17, 15) is 4.79 Å². The van der Waals surface area contributed by atoms with Crippen LogP contribution in [-0.4, -0.2) is 50.7 Å². The standard InChI is InChI=1S/C21H26N2O3/c1-3-17-8-10-18(11-9-17)26-16-21(24)23-14-12-22(13-15-23)19-6-4-5-7-20(19)25-2/h4-11H,3,12-16H2,1-2H3. The van der Waals surface area contributed by atoms with Crippen molar-refractivity contribution >= 4 is 11.6 Å². The van der Waals surface area contributed by atoms with E-state index in [4.69, 9.17) is 9.47 Å². The van der Waals surface area contributed by atoms with Crippen LogP contribution in [0.4, 0.5) is 5.69 Å². The Hall–Kier alpha value is -2.69. The summed E-state index contributed by atoms with van der Waals surface area (Å²) in [5, 5.41) is 0. The minimum Gasteiger partial charge on any atom is -0.495 e. The Labute approximate surface area is 155 Å². The molecule has 1 fully saturated rings. The molecule has 1 aliphatic heterocycles. The third-order valence-corrected chi connectivity index (χ3v) is 4.75. The van der Waals surface area contributed by atoms with Gasteiger partial charge in [-0.1, -0.05) is 31.2 Å². The Kier molecular flexibility index (Phi) is 6.00. The van der Waals surface area contributed by atoms with E-state index >= 15 is 0 Å². The van der Waals surface area contributed by atoms with E-state index in [0.29, 0.717) is 13.1 Å². The Balaban J connectivity index is 1.50. The summed E-state index contributed by atoms with van der Waals surface area (Å²) in [5.41, 5.74) is 2.34. The first-order valence-electron chi connectivity index (χ1n) is 9.08. The van der Waals surface area contributed by atoms with Crippen molar-refractivity contribution in [3.8, 4) is 11.5 Å². The Morgan fingerprint density at radius 1 is 1.00 bits per heavy atom. The fraction of sp³-hybridized carbons (Fsp3) is 0.381. The van der Waals surface area contributed by atoms with E-state index in [2.05, 4.69) is 17.9 Å². The van der Waals surface area contributed by atoms with Gasteiger partial charge in [-0.3, -0.25) is 4.79 Å². The Morgan fingerprint density at radius 2 is 1.69 bits per heavy atom. The average Bonchev–Trinajstić information content (AvgIpc) is 2.72. The lowest BCUT2D eigenvalue weighted by Crippen LogP contribution is -2.50. The summed E-state index contributed by atoms with van der Waals surface area (Å²) in [6.07, 6.45) is 0.996. The lowest BCUT2D eigenvalue weighted by molar-refractivity contribution is -0.133. The van der Waals surface area contributed by atoms with Crippen molar-refractivity contribution in [2.75, 3.05) is 44.8 Å². The molecule has 0 aliphatic carbocycles. The van der Waals surface area contributed by atoms with Crippen LogP contribution in [0.25, 0.3) is 0 Å². The zero-order valence-corrected chi connectivity index (χ0v) is 15.5. The van der Waals surface area contributed by atoms with Crippen LogP contribution in [0, 0.1) is 0 Å². The molecule has 0 atom stereocenters. The zero-order valence-electron chi connectivity index (χ0n) is 15.5. The molecule has 1 heterocycles. The van der Waals surface area contributed by atoms with Gasteiger partial charge in [0.05, 0.1) is 12.8 Å². The molecule has 0 saturated carbocycles. The second-order valence-corrected chi connectivity index (χ2v) is 6.33. The number of rotatable bonds is 6. The molecule has 0 spiro atoms. The number of hydrogen-bond donors (Lipinski definition) is 0. The predicted octanol–water partition coefficient (Wildman–Crippen LogP) is 2.99. The predicted molar refractivity (Wildman–Crippen MR) is 103 cm³/mol. The monoisotopic (exact) mass is 354 g/mol. The molecule has 0 bridgehead atoms. The number of amides is 1. The van der Waals surface area contributed by atoms with Gasteiger partial charge in [0.25, 0.3) is 5.91 Å². The van der Waals surface area contributed by atoms with Gasteiger partial charge in [-0.15, -0.1) is 0 Å². The molecule has 1 saturated heterocycles. The van der Waals surface area contributed by atoms with Crippen molar-refractivity contribution in [1.29, 1.82) is 0 Å². The Bertz CT molecular complexity index is 722. The molecular weight excluding hydrogens is 328 g/mol. The number of ether oxygens (including phenoxy) is 2. The van der Waals surface area contributed by atoms with E-state index in [1.165, 1.54) is 5.56 Å². The van der Waals surface area contributed by atoms with E-state index in [1.54, 1.807) is 7.11 Å². The van der Waals surface area contributed by atoms with Gasteiger partial charge in [0.15, 0.2) is 6.61 Å². The number of carbonyl (C=O) groups is 1. The van der Waals surface area contributed by atoms with E-state index in [0.717, 1.165) is 36.7 Å². The summed E-state index contributed by atoms with van der Waals surface area (Å²) in [6.45, 7) is 5.16. The summed E-state index contributed by atoms with van der Waals surface area (Å²) in [5.74, 6) is 1.64. The molecule has 0 unspecified atom stereocenters. The number of methoxy groups -OCH3 is 1. The smallest absolute Gasteiger partial charge is 0.260 e. The molecule has 3 rings (SSSR count). The van der Waals surface area contributed by atoms with E-state index in [-0.39, 0.29) is 12.5 Å². The first-order chi connectivity index (χ1) is 12.7. The van der Waals surface area contributed by atoms with Gasteiger partial charge in [-0.25, -0.2) is 0 Å². The molecule has 0 radical (unpaired) electrons. The highest BCUT2D eigenvalue weighted by atomic mass is 16.5. The summed E-state index contributed by atoms with van der Waals surface area (Å²) >= 11 is 0.